The molecule has 0 spiro atoms. The molecular weight excluding hydrogens is 250 g/mol. The highest BCUT2D eigenvalue weighted by Gasteiger charge is 2.14. The summed E-state index contributed by atoms with van der Waals surface area (Å²) in [7, 11) is 1.23. The molecule has 0 amide bonds. The van der Waals surface area contributed by atoms with Crippen LogP contribution in [-0.4, -0.2) is 16.7 Å². The number of nitrogens with zero attached hydrogens (tertiary/aromatic N) is 2. The van der Waals surface area contributed by atoms with Gasteiger partial charge in [-0.2, -0.15) is 5.10 Å². The summed E-state index contributed by atoms with van der Waals surface area (Å²) in [5.74, 6) is -1.85. The molecule has 0 unspecified atom stereocenters. The minimum Gasteiger partial charge on any atom is -0.491 e. The molecule has 5 heteroatoms. The molecule has 96 valence electrons. The zero-order valence-corrected chi connectivity index (χ0v) is 10.1. The maximum Gasteiger partial charge on any atom is 0.190 e. The summed E-state index contributed by atoms with van der Waals surface area (Å²) >= 11 is 0. The van der Waals surface area contributed by atoms with Crippen molar-refractivity contribution in [2.45, 2.75) is 0 Å². The van der Waals surface area contributed by atoms with Crippen LogP contribution >= 0.6 is 0 Å². The van der Waals surface area contributed by atoms with Crippen LogP contribution in [0.15, 0.2) is 42.6 Å². The van der Waals surface area contributed by atoms with Gasteiger partial charge in [0.25, 0.3) is 0 Å². The van der Waals surface area contributed by atoms with E-state index in [0.29, 0.717) is 11.3 Å². The quantitative estimate of drug-likeness (QED) is 0.706. The molecule has 3 aromatic rings. The van der Waals surface area contributed by atoms with Gasteiger partial charge in [-0.3, -0.25) is 0 Å². The van der Waals surface area contributed by atoms with Crippen LogP contribution in [0, 0.1) is 11.6 Å². The van der Waals surface area contributed by atoms with Gasteiger partial charge < -0.3 is 4.74 Å². The van der Waals surface area contributed by atoms with E-state index in [1.807, 2.05) is 18.2 Å². The molecule has 0 aliphatic carbocycles. The molecule has 0 N–H and O–H groups in total. The molecule has 0 bridgehead atoms. The summed E-state index contributed by atoms with van der Waals surface area (Å²) < 4.78 is 33.7. The first kappa shape index (κ1) is 11.6. The maximum atomic E-state index is 13.7. The van der Waals surface area contributed by atoms with Gasteiger partial charge in [-0.15, -0.1) is 0 Å². The van der Waals surface area contributed by atoms with Crippen molar-refractivity contribution >= 4 is 5.52 Å². The highest BCUT2D eigenvalue weighted by atomic mass is 19.1. The number of aromatic nitrogens is 2. The molecule has 0 radical (unpaired) electrons. The first-order valence-electron chi connectivity index (χ1n) is 5.67. The number of hydrogen-bond acceptors (Lipinski definition) is 2. The van der Waals surface area contributed by atoms with Crippen LogP contribution in [0.3, 0.4) is 0 Å². The molecule has 1 aromatic carbocycles. The fourth-order valence-corrected chi connectivity index (χ4v) is 2.07. The van der Waals surface area contributed by atoms with E-state index in [9.17, 15) is 8.78 Å². The summed E-state index contributed by atoms with van der Waals surface area (Å²) in [5, 5.41) is 4.14. The Kier molecular flexibility index (Phi) is 2.67. The van der Waals surface area contributed by atoms with Crippen molar-refractivity contribution in [2.75, 3.05) is 7.11 Å². The Morgan fingerprint density at radius 1 is 1.11 bits per heavy atom. The molecule has 3 rings (SSSR count). The summed E-state index contributed by atoms with van der Waals surface area (Å²) in [6.07, 6.45) is 1.63. The monoisotopic (exact) mass is 260 g/mol. The molecular formula is C14H10F2N2O. The number of fused-ring (bicyclic) bond motifs is 1. The highest BCUT2D eigenvalue weighted by molar-refractivity contribution is 5.65. The smallest absolute Gasteiger partial charge is 0.190 e. The predicted molar refractivity (Wildman–Crippen MR) is 67.1 cm³/mol. The number of hydrogen-bond donors (Lipinski definition) is 0. The molecule has 2 heterocycles. The van der Waals surface area contributed by atoms with Gasteiger partial charge in [0.15, 0.2) is 17.4 Å². The number of ether oxygens (including phenoxy) is 1. The molecule has 3 nitrogen and oxygen atoms in total. The van der Waals surface area contributed by atoms with E-state index >= 15 is 0 Å². The number of rotatable bonds is 2. The lowest BCUT2D eigenvalue weighted by molar-refractivity contribution is 0.360. The normalized spacial score (nSPS) is 10.9. The second-order valence-electron chi connectivity index (χ2n) is 4.05. The van der Waals surface area contributed by atoms with Crippen molar-refractivity contribution < 1.29 is 13.5 Å². The fraction of sp³-hybridized carbons (Fsp3) is 0.0714. The van der Waals surface area contributed by atoms with E-state index in [1.54, 1.807) is 16.8 Å². The second-order valence-corrected chi connectivity index (χ2v) is 4.05. The fourth-order valence-electron chi connectivity index (χ4n) is 2.07. The van der Waals surface area contributed by atoms with Crippen LogP contribution < -0.4 is 4.74 Å². The molecule has 19 heavy (non-hydrogen) atoms. The zero-order chi connectivity index (χ0) is 13.4. The lowest BCUT2D eigenvalue weighted by Gasteiger charge is -2.08. The molecule has 0 aliphatic rings. The zero-order valence-electron chi connectivity index (χ0n) is 10.1. The topological polar surface area (TPSA) is 26.5 Å². The number of halogens is 2. The number of methoxy groups -OCH3 is 1. The van der Waals surface area contributed by atoms with Crippen molar-refractivity contribution in [2.24, 2.45) is 0 Å². The third-order valence-corrected chi connectivity index (χ3v) is 2.92. The van der Waals surface area contributed by atoms with Crippen LogP contribution in [0.4, 0.5) is 8.78 Å². The van der Waals surface area contributed by atoms with Crippen molar-refractivity contribution in [3.05, 3.63) is 54.2 Å². The molecule has 2 aromatic heterocycles. The second kappa shape index (κ2) is 4.35. The average molecular weight is 260 g/mol. The predicted octanol–water partition coefficient (Wildman–Crippen LogP) is 3.29. The Morgan fingerprint density at radius 3 is 2.53 bits per heavy atom. The van der Waals surface area contributed by atoms with Gasteiger partial charge in [-0.05, 0) is 30.3 Å². The minimum absolute atomic E-state index is 0.378. The SMILES string of the molecule is COc1c(F)cc(-c2cccc3ccnn23)cc1F. The first-order chi connectivity index (χ1) is 9.20. The van der Waals surface area contributed by atoms with Crippen LogP contribution in [0.25, 0.3) is 16.8 Å². The van der Waals surface area contributed by atoms with Gasteiger partial charge in [0.2, 0.25) is 0 Å². The summed E-state index contributed by atoms with van der Waals surface area (Å²) in [5.41, 5.74) is 1.88. The Morgan fingerprint density at radius 2 is 1.84 bits per heavy atom. The van der Waals surface area contributed by atoms with Gasteiger partial charge in [-0.1, -0.05) is 6.07 Å². The number of benzene rings is 1. The average Bonchev–Trinajstić information content (AvgIpc) is 2.86. The third kappa shape index (κ3) is 1.83. The Hall–Kier alpha value is -2.43. The van der Waals surface area contributed by atoms with E-state index in [4.69, 9.17) is 0 Å². The number of pyridine rings is 1. The molecule has 0 saturated carbocycles. The van der Waals surface area contributed by atoms with Crippen LogP contribution in [0.1, 0.15) is 0 Å². The van der Waals surface area contributed by atoms with Crippen LogP contribution in [-0.2, 0) is 0 Å². The van der Waals surface area contributed by atoms with Gasteiger partial charge in [0, 0.05) is 5.56 Å². The first-order valence-corrected chi connectivity index (χ1v) is 5.67. The minimum atomic E-state index is -0.735. The Labute approximate surface area is 108 Å². The largest absolute Gasteiger partial charge is 0.491 e. The van der Waals surface area contributed by atoms with Gasteiger partial charge in [-0.25, -0.2) is 13.3 Å². The summed E-state index contributed by atoms with van der Waals surface area (Å²) in [4.78, 5) is 0. The van der Waals surface area contributed by atoms with E-state index in [-0.39, 0.29) is 5.75 Å². The van der Waals surface area contributed by atoms with E-state index in [0.717, 1.165) is 5.52 Å². The summed E-state index contributed by atoms with van der Waals surface area (Å²) in [6.45, 7) is 0. The van der Waals surface area contributed by atoms with Crippen molar-refractivity contribution in [1.82, 2.24) is 9.61 Å². The van der Waals surface area contributed by atoms with Crippen LogP contribution in [0.5, 0.6) is 5.75 Å². The lowest BCUT2D eigenvalue weighted by atomic mass is 10.1. The lowest BCUT2D eigenvalue weighted by Crippen LogP contribution is -1.97. The van der Waals surface area contributed by atoms with Gasteiger partial charge >= 0.3 is 0 Å². The van der Waals surface area contributed by atoms with Crippen molar-refractivity contribution in [1.29, 1.82) is 0 Å². The Bertz CT molecular complexity index is 729. The van der Waals surface area contributed by atoms with Crippen molar-refractivity contribution in [3.63, 3.8) is 0 Å². The van der Waals surface area contributed by atoms with E-state index in [1.165, 1.54) is 19.2 Å². The Balaban J connectivity index is 2.25. The molecule has 0 atom stereocenters. The van der Waals surface area contributed by atoms with E-state index in [2.05, 4.69) is 9.84 Å². The maximum absolute atomic E-state index is 13.7. The highest BCUT2D eigenvalue weighted by Crippen LogP contribution is 2.28. The van der Waals surface area contributed by atoms with Crippen molar-refractivity contribution in [3.8, 4) is 17.0 Å². The van der Waals surface area contributed by atoms with Gasteiger partial charge in [0.05, 0.1) is 24.5 Å². The molecule has 0 fully saturated rings. The molecule has 0 saturated heterocycles. The van der Waals surface area contributed by atoms with Crippen LogP contribution in [0.2, 0.25) is 0 Å². The third-order valence-electron chi connectivity index (χ3n) is 2.92. The van der Waals surface area contributed by atoms with Gasteiger partial charge in [0.1, 0.15) is 0 Å². The molecule has 0 aliphatic heterocycles. The van der Waals surface area contributed by atoms with E-state index < -0.39 is 11.6 Å². The standard InChI is InChI=1S/C14H10F2N2O/c1-19-14-11(15)7-9(8-12(14)16)13-4-2-3-10-5-6-17-18(10)13/h2-8H,1H3. The summed E-state index contributed by atoms with van der Waals surface area (Å²) in [6, 6.07) is 9.72.